The molecule has 0 aromatic heterocycles. The van der Waals surface area contributed by atoms with Gasteiger partial charge in [-0.2, -0.15) is 0 Å². The number of urea groups is 1. The van der Waals surface area contributed by atoms with Crippen molar-refractivity contribution in [1.82, 2.24) is 15.5 Å². The van der Waals surface area contributed by atoms with E-state index >= 15 is 0 Å². The number of rotatable bonds is 6. The number of carbonyl (C=O) groups excluding carboxylic acids is 3. The van der Waals surface area contributed by atoms with Gasteiger partial charge >= 0.3 is 6.03 Å². The Hall–Kier alpha value is -3.62. The summed E-state index contributed by atoms with van der Waals surface area (Å²) >= 11 is 0. The summed E-state index contributed by atoms with van der Waals surface area (Å²) in [5, 5.41) is 5.49. The van der Waals surface area contributed by atoms with Crippen LogP contribution in [0.25, 0.3) is 0 Å². The highest BCUT2D eigenvalue weighted by atomic mass is 19.1. The number of hydrogen-bond acceptors (Lipinski definition) is 5. The third-order valence-electron chi connectivity index (χ3n) is 5.79. The average Bonchev–Trinajstić information content (AvgIpc) is 3.04. The van der Waals surface area contributed by atoms with Gasteiger partial charge in [0, 0.05) is 0 Å². The van der Waals surface area contributed by atoms with Gasteiger partial charge in [0.15, 0.2) is 11.5 Å². The lowest BCUT2D eigenvalue weighted by atomic mass is 9.87. The molecule has 0 bridgehead atoms. The Labute approximate surface area is 184 Å². The Balaban J connectivity index is 1.45. The smallest absolute Gasteiger partial charge is 0.325 e. The number of amides is 4. The molecule has 2 aliphatic rings. The zero-order chi connectivity index (χ0) is 22.9. The van der Waals surface area contributed by atoms with Crippen molar-refractivity contribution in [3.63, 3.8) is 0 Å². The van der Waals surface area contributed by atoms with Gasteiger partial charge in [0.2, 0.25) is 5.91 Å². The van der Waals surface area contributed by atoms with E-state index in [1.807, 2.05) is 6.07 Å². The molecule has 4 amide bonds. The Morgan fingerprint density at radius 3 is 2.53 bits per heavy atom. The number of carbonyl (C=O) groups is 3. The van der Waals surface area contributed by atoms with Gasteiger partial charge in [0.25, 0.3) is 5.91 Å². The molecule has 32 heavy (non-hydrogen) atoms. The summed E-state index contributed by atoms with van der Waals surface area (Å²) in [5.41, 5.74) is -0.0618. The minimum Gasteiger partial charge on any atom is -0.486 e. The number of ether oxygens (including phenoxy) is 2. The first-order valence-corrected chi connectivity index (χ1v) is 10.4. The van der Waals surface area contributed by atoms with Crippen molar-refractivity contribution in [2.24, 2.45) is 0 Å². The van der Waals surface area contributed by atoms with Gasteiger partial charge in [-0.25, -0.2) is 9.18 Å². The van der Waals surface area contributed by atoms with Crippen LogP contribution in [0, 0.1) is 5.82 Å². The van der Waals surface area contributed by atoms with Gasteiger partial charge in [-0.3, -0.25) is 14.5 Å². The number of nitrogens with one attached hydrogen (secondary N) is 2. The Kier molecular flexibility index (Phi) is 5.73. The standard InChI is InChI=1S/C23H24FN3O5/c1-3-23(16-5-7-17(24)8-6-16)21(29)27(22(30)26-23)13-20(28)25-14(2)15-4-9-18-19(12-15)32-11-10-31-18/h4-9,12,14H,3,10-11,13H2,1-2H3,(H,25,28)(H,26,30). The van der Waals surface area contributed by atoms with Crippen LogP contribution in [0.3, 0.4) is 0 Å². The zero-order valence-corrected chi connectivity index (χ0v) is 17.8. The van der Waals surface area contributed by atoms with Crippen LogP contribution in [-0.4, -0.2) is 42.5 Å². The molecular weight excluding hydrogens is 417 g/mol. The van der Waals surface area contributed by atoms with E-state index in [0.29, 0.717) is 30.3 Å². The number of fused-ring (bicyclic) bond motifs is 1. The van der Waals surface area contributed by atoms with E-state index in [9.17, 15) is 18.8 Å². The van der Waals surface area contributed by atoms with Gasteiger partial charge in [-0.05, 0) is 48.7 Å². The fraction of sp³-hybridized carbons (Fsp3) is 0.348. The van der Waals surface area contributed by atoms with Crippen LogP contribution in [0.1, 0.15) is 37.4 Å². The van der Waals surface area contributed by atoms with Crippen molar-refractivity contribution in [3.05, 3.63) is 59.4 Å². The highest BCUT2D eigenvalue weighted by molar-refractivity contribution is 6.09. The van der Waals surface area contributed by atoms with Gasteiger partial charge in [0.1, 0.15) is 31.1 Å². The fourth-order valence-electron chi connectivity index (χ4n) is 3.99. The lowest BCUT2D eigenvalue weighted by Crippen LogP contribution is -2.45. The largest absolute Gasteiger partial charge is 0.486 e. The maximum absolute atomic E-state index is 13.3. The molecule has 2 heterocycles. The van der Waals surface area contributed by atoms with Crippen LogP contribution in [-0.2, 0) is 15.1 Å². The first-order valence-electron chi connectivity index (χ1n) is 10.4. The molecule has 2 unspecified atom stereocenters. The minimum atomic E-state index is -1.33. The highest BCUT2D eigenvalue weighted by Gasteiger charge is 2.51. The third-order valence-corrected chi connectivity index (χ3v) is 5.79. The quantitative estimate of drug-likeness (QED) is 0.672. The fourth-order valence-corrected chi connectivity index (χ4v) is 3.99. The van der Waals surface area contributed by atoms with Gasteiger partial charge in [-0.1, -0.05) is 25.1 Å². The summed E-state index contributed by atoms with van der Waals surface area (Å²) in [6.07, 6.45) is 0.259. The first kappa shape index (κ1) is 21.6. The summed E-state index contributed by atoms with van der Waals surface area (Å²) in [6.45, 7) is 4.06. The third kappa shape index (κ3) is 3.86. The summed E-state index contributed by atoms with van der Waals surface area (Å²) in [4.78, 5) is 39.2. The maximum Gasteiger partial charge on any atom is 0.325 e. The van der Waals surface area contributed by atoms with Crippen molar-refractivity contribution in [2.75, 3.05) is 19.8 Å². The van der Waals surface area contributed by atoms with E-state index in [1.165, 1.54) is 24.3 Å². The summed E-state index contributed by atoms with van der Waals surface area (Å²) in [5.74, 6) is -0.215. The molecule has 0 aliphatic carbocycles. The second kappa shape index (κ2) is 8.49. The second-order valence-corrected chi connectivity index (χ2v) is 7.78. The van der Waals surface area contributed by atoms with Gasteiger partial charge in [-0.15, -0.1) is 0 Å². The minimum absolute atomic E-state index is 0.259. The predicted molar refractivity (Wildman–Crippen MR) is 113 cm³/mol. The number of halogens is 1. The summed E-state index contributed by atoms with van der Waals surface area (Å²) in [7, 11) is 0. The van der Waals surface area contributed by atoms with Gasteiger partial charge in [0.05, 0.1) is 6.04 Å². The van der Waals surface area contributed by atoms with E-state index in [2.05, 4.69) is 10.6 Å². The second-order valence-electron chi connectivity index (χ2n) is 7.78. The van der Waals surface area contributed by atoms with E-state index in [0.717, 1.165) is 10.5 Å². The molecule has 1 saturated heterocycles. The molecule has 9 heteroatoms. The number of hydrogen-bond donors (Lipinski definition) is 2. The molecule has 2 N–H and O–H groups in total. The Bertz CT molecular complexity index is 1060. The van der Waals surface area contributed by atoms with Crippen LogP contribution in [0.15, 0.2) is 42.5 Å². The molecule has 1 fully saturated rings. The molecule has 168 valence electrons. The van der Waals surface area contributed by atoms with Crippen molar-refractivity contribution in [3.8, 4) is 11.5 Å². The molecule has 0 spiro atoms. The highest BCUT2D eigenvalue weighted by Crippen LogP contribution is 2.34. The monoisotopic (exact) mass is 441 g/mol. The van der Waals surface area contributed by atoms with E-state index in [4.69, 9.17) is 9.47 Å². The molecule has 0 radical (unpaired) electrons. The Morgan fingerprint density at radius 1 is 1.16 bits per heavy atom. The molecule has 2 aromatic rings. The molecule has 8 nitrogen and oxygen atoms in total. The summed E-state index contributed by atoms with van der Waals surface area (Å²) in [6, 6.07) is 9.74. The lowest BCUT2D eigenvalue weighted by molar-refractivity contribution is -0.135. The van der Waals surface area contributed by atoms with E-state index in [1.54, 1.807) is 26.0 Å². The molecule has 0 saturated carbocycles. The van der Waals surface area contributed by atoms with Crippen LogP contribution in [0.4, 0.5) is 9.18 Å². The van der Waals surface area contributed by atoms with Crippen LogP contribution in [0.5, 0.6) is 11.5 Å². The lowest BCUT2D eigenvalue weighted by Gasteiger charge is -2.26. The van der Waals surface area contributed by atoms with E-state index < -0.39 is 35.7 Å². The molecule has 2 aliphatic heterocycles. The first-order chi connectivity index (χ1) is 15.3. The Morgan fingerprint density at radius 2 is 1.84 bits per heavy atom. The van der Waals surface area contributed by atoms with Crippen molar-refractivity contribution in [1.29, 1.82) is 0 Å². The summed E-state index contributed by atoms with van der Waals surface area (Å²) < 4.78 is 24.4. The van der Waals surface area contributed by atoms with Crippen molar-refractivity contribution >= 4 is 17.8 Å². The molecule has 2 atom stereocenters. The molecule has 4 rings (SSSR count). The number of nitrogens with zero attached hydrogens (tertiary/aromatic N) is 1. The van der Waals surface area contributed by atoms with Crippen LogP contribution in [0.2, 0.25) is 0 Å². The number of benzene rings is 2. The predicted octanol–water partition coefficient (Wildman–Crippen LogP) is 2.63. The normalized spacial score (nSPS) is 20.7. The van der Waals surface area contributed by atoms with Crippen molar-refractivity contribution in [2.45, 2.75) is 31.8 Å². The van der Waals surface area contributed by atoms with Crippen molar-refractivity contribution < 1.29 is 28.2 Å². The average molecular weight is 441 g/mol. The zero-order valence-electron chi connectivity index (χ0n) is 17.8. The van der Waals surface area contributed by atoms with Crippen LogP contribution >= 0.6 is 0 Å². The maximum atomic E-state index is 13.3. The van der Waals surface area contributed by atoms with E-state index in [-0.39, 0.29) is 12.5 Å². The molecular formula is C23H24FN3O5. The SMILES string of the molecule is CCC1(c2ccc(F)cc2)NC(=O)N(CC(=O)NC(C)c2ccc3c(c2)OCCO3)C1=O. The van der Waals surface area contributed by atoms with Gasteiger partial charge < -0.3 is 20.1 Å². The topological polar surface area (TPSA) is 97.0 Å². The molecule has 2 aromatic carbocycles. The van der Waals surface area contributed by atoms with Crippen LogP contribution < -0.4 is 20.1 Å². The number of imide groups is 1.